The summed E-state index contributed by atoms with van der Waals surface area (Å²) in [5, 5.41) is 0. The summed E-state index contributed by atoms with van der Waals surface area (Å²) in [5.74, 6) is 0. The van der Waals surface area contributed by atoms with Gasteiger partial charge in [0.15, 0.2) is 0 Å². The fourth-order valence-electron chi connectivity index (χ4n) is 2.14. The lowest BCUT2D eigenvalue weighted by atomic mass is 9.99. The summed E-state index contributed by atoms with van der Waals surface area (Å²) in [6.07, 6.45) is 1.15. The molecule has 2 unspecified atom stereocenters. The number of benzene rings is 1. The van der Waals surface area contributed by atoms with Gasteiger partial charge in [-0.1, -0.05) is 35.0 Å². The number of halogens is 1. The number of rotatable bonds is 5. The molecular weight excluding hydrogens is 264 g/mol. The maximum atomic E-state index is 6.09. The van der Waals surface area contributed by atoms with Crippen LogP contribution >= 0.6 is 15.9 Å². The minimum atomic E-state index is 0.130. The minimum Gasteiger partial charge on any atom is -0.326 e. The highest BCUT2D eigenvalue weighted by atomic mass is 79.9. The van der Waals surface area contributed by atoms with Crippen molar-refractivity contribution in [3.8, 4) is 0 Å². The lowest BCUT2D eigenvalue weighted by molar-refractivity contribution is 0.219. The van der Waals surface area contributed by atoms with Crippen molar-refractivity contribution >= 4 is 15.9 Å². The molecule has 0 aliphatic heterocycles. The summed E-state index contributed by atoms with van der Waals surface area (Å²) < 4.78 is 1.11. The van der Waals surface area contributed by atoms with Gasteiger partial charge in [-0.3, -0.25) is 4.90 Å². The predicted molar refractivity (Wildman–Crippen MR) is 73.5 cm³/mol. The third kappa shape index (κ3) is 3.58. The topological polar surface area (TPSA) is 29.3 Å². The van der Waals surface area contributed by atoms with Crippen LogP contribution in [-0.4, -0.2) is 24.5 Å². The third-order valence-electron chi connectivity index (χ3n) is 2.74. The summed E-state index contributed by atoms with van der Waals surface area (Å²) in [4.78, 5) is 2.33. The van der Waals surface area contributed by atoms with Crippen molar-refractivity contribution < 1.29 is 0 Å². The van der Waals surface area contributed by atoms with E-state index < -0.39 is 0 Å². The molecule has 0 bridgehead atoms. The SMILES string of the molecule is CCCN(C)C(c1cccc(Br)c1)C(C)N. The van der Waals surface area contributed by atoms with Gasteiger partial charge >= 0.3 is 0 Å². The van der Waals surface area contributed by atoms with Gasteiger partial charge in [-0.2, -0.15) is 0 Å². The first-order valence-electron chi connectivity index (χ1n) is 5.77. The molecule has 0 heterocycles. The number of likely N-dealkylation sites (N-methyl/N-ethyl adjacent to an activating group) is 1. The smallest absolute Gasteiger partial charge is 0.0494 e. The van der Waals surface area contributed by atoms with E-state index in [-0.39, 0.29) is 12.1 Å². The lowest BCUT2D eigenvalue weighted by Crippen LogP contribution is -2.37. The van der Waals surface area contributed by atoms with Crippen molar-refractivity contribution in [2.75, 3.05) is 13.6 Å². The van der Waals surface area contributed by atoms with Crippen molar-refractivity contribution in [1.29, 1.82) is 0 Å². The Hall–Kier alpha value is -0.380. The summed E-state index contributed by atoms with van der Waals surface area (Å²) in [7, 11) is 2.14. The molecule has 0 aliphatic rings. The van der Waals surface area contributed by atoms with Gasteiger partial charge in [0, 0.05) is 16.6 Å². The normalized spacial score (nSPS) is 15.1. The van der Waals surface area contributed by atoms with Crippen molar-refractivity contribution in [3.05, 3.63) is 34.3 Å². The maximum Gasteiger partial charge on any atom is 0.0494 e. The molecule has 1 aromatic rings. The van der Waals surface area contributed by atoms with Crippen molar-refractivity contribution in [3.63, 3.8) is 0 Å². The van der Waals surface area contributed by atoms with E-state index in [1.54, 1.807) is 0 Å². The van der Waals surface area contributed by atoms with Crippen LogP contribution in [0.2, 0.25) is 0 Å². The van der Waals surface area contributed by atoms with Gasteiger partial charge in [-0.25, -0.2) is 0 Å². The highest BCUT2D eigenvalue weighted by Crippen LogP contribution is 2.24. The molecule has 0 radical (unpaired) electrons. The van der Waals surface area contributed by atoms with Crippen LogP contribution in [0.1, 0.15) is 31.9 Å². The zero-order valence-electron chi connectivity index (χ0n) is 10.3. The molecule has 0 amide bonds. The Morgan fingerprint density at radius 2 is 2.12 bits per heavy atom. The van der Waals surface area contributed by atoms with Crippen LogP contribution in [0.25, 0.3) is 0 Å². The molecule has 2 nitrogen and oxygen atoms in total. The average molecular weight is 285 g/mol. The van der Waals surface area contributed by atoms with E-state index in [1.807, 2.05) is 6.07 Å². The molecule has 3 heteroatoms. The van der Waals surface area contributed by atoms with E-state index >= 15 is 0 Å². The Balaban J connectivity index is 2.93. The van der Waals surface area contributed by atoms with Crippen LogP contribution in [0.4, 0.5) is 0 Å². The molecule has 0 aliphatic carbocycles. The molecule has 0 aromatic heterocycles. The molecule has 90 valence electrons. The first-order valence-corrected chi connectivity index (χ1v) is 6.56. The van der Waals surface area contributed by atoms with Gasteiger partial charge < -0.3 is 5.73 Å². The van der Waals surface area contributed by atoms with E-state index in [2.05, 4.69) is 59.9 Å². The molecule has 1 rings (SSSR count). The summed E-state index contributed by atoms with van der Waals surface area (Å²) in [6, 6.07) is 8.82. The monoisotopic (exact) mass is 284 g/mol. The fraction of sp³-hybridized carbons (Fsp3) is 0.538. The van der Waals surface area contributed by atoms with Gasteiger partial charge in [-0.05, 0) is 44.6 Å². The highest BCUT2D eigenvalue weighted by Gasteiger charge is 2.20. The van der Waals surface area contributed by atoms with Gasteiger partial charge in [0.2, 0.25) is 0 Å². The van der Waals surface area contributed by atoms with E-state index in [0.29, 0.717) is 0 Å². The molecule has 2 N–H and O–H groups in total. The highest BCUT2D eigenvalue weighted by molar-refractivity contribution is 9.10. The number of hydrogen-bond acceptors (Lipinski definition) is 2. The summed E-state index contributed by atoms with van der Waals surface area (Å²) >= 11 is 3.51. The second-order valence-electron chi connectivity index (χ2n) is 4.34. The van der Waals surface area contributed by atoms with Crippen LogP contribution < -0.4 is 5.73 Å². The Morgan fingerprint density at radius 1 is 1.44 bits per heavy atom. The molecular formula is C13H21BrN2. The van der Waals surface area contributed by atoms with Crippen LogP contribution in [-0.2, 0) is 0 Å². The Kier molecular flexibility index (Phi) is 5.46. The van der Waals surface area contributed by atoms with Crippen LogP contribution in [0, 0.1) is 0 Å². The molecule has 0 fully saturated rings. The Morgan fingerprint density at radius 3 is 2.62 bits per heavy atom. The second kappa shape index (κ2) is 6.38. The van der Waals surface area contributed by atoms with Crippen LogP contribution in [0.15, 0.2) is 28.7 Å². The molecule has 16 heavy (non-hydrogen) atoms. The largest absolute Gasteiger partial charge is 0.326 e. The van der Waals surface area contributed by atoms with E-state index in [1.165, 1.54) is 5.56 Å². The number of nitrogens with two attached hydrogens (primary N) is 1. The van der Waals surface area contributed by atoms with Gasteiger partial charge in [-0.15, -0.1) is 0 Å². The predicted octanol–water partition coefficient (Wildman–Crippen LogP) is 3.18. The van der Waals surface area contributed by atoms with Crippen molar-refractivity contribution in [2.45, 2.75) is 32.4 Å². The van der Waals surface area contributed by atoms with Crippen molar-refractivity contribution in [1.82, 2.24) is 4.90 Å². The Labute approximate surface area is 107 Å². The van der Waals surface area contributed by atoms with Gasteiger partial charge in [0.25, 0.3) is 0 Å². The van der Waals surface area contributed by atoms with E-state index in [4.69, 9.17) is 5.73 Å². The zero-order valence-corrected chi connectivity index (χ0v) is 11.9. The lowest BCUT2D eigenvalue weighted by Gasteiger charge is -2.31. The first kappa shape index (κ1) is 13.7. The van der Waals surface area contributed by atoms with E-state index in [0.717, 1.165) is 17.4 Å². The molecule has 0 saturated heterocycles. The van der Waals surface area contributed by atoms with Crippen LogP contribution in [0.5, 0.6) is 0 Å². The molecule has 0 spiro atoms. The average Bonchev–Trinajstić information content (AvgIpc) is 2.17. The van der Waals surface area contributed by atoms with Crippen molar-refractivity contribution in [2.24, 2.45) is 5.73 Å². The summed E-state index contributed by atoms with van der Waals surface area (Å²) in [6.45, 7) is 5.33. The minimum absolute atomic E-state index is 0.130. The molecule has 0 saturated carbocycles. The standard InChI is InChI=1S/C13H21BrN2/c1-4-8-16(3)13(10(2)15)11-6-5-7-12(14)9-11/h5-7,9-10,13H,4,8,15H2,1-3H3. The second-order valence-corrected chi connectivity index (χ2v) is 5.26. The maximum absolute atomic E-state index is 6.09. The zero-order chi connectivity index (χ0) is 12.1. The fourth-order valence-corrected chi connectivity index (χ4v) is 2.56. The Bertz CT molecular complexity index is 325. The number of nitrogens with zero attached hydrogens (tertiary/aromatic N) is 1. The quantitative estimate of drug-likeness (QED) is 0.900. The summed E-state index contributed by atoms with van der Waals surface area (Å²) in [5.41, 5.74) is 7.37. The first-order chi connectivity index (χ1) is 7.56. The van der Waals surface area contributed by atoms with E-state index in [9.17, 15) is 0 Å². The number of hydrogen-bond donors (Lipinski definition) is 1. The van der Waals surface area contributed by atoms with Crippen LogP contribution in [0.3, 0.4) is 0 Å². The molecule has 1 aromatic carbocycles. The van der Waals surface area contributed by atoms with Gasteiger partial charge in [0.05, 0.1) is 0 Å². The van der Waals surface area contributed by atoms with Gasteiger partial charge in [0.1, 0.15) is 0 Å². The molecule has 2 atom stereocenters. The third-order valence-corrected chi connectivity index (χ3v) is 3.23.